The van der Waals surface area contributed by atoms with E-state index in [9.17, 15) is 18.0 Å². The molecule has 1 amide bonds. The average molecular weight is 587 g/mol. The zero-order chi connectivity index (χ0) is 29.2. The lowest BCUT2D eigenvalue weighted by Gasteiger charge is -2.44. The number of amides is 1. The molecule has 3 heterocycles. The van der Waals surface area contributed by atoms with Gasteiger partial charge in [-0.05, 0) is 66.9 Å². The van der Waals surface area contributed by atoms with Gasteiger partial charge in [-0.25, -0.2) is 18.2 Å². The third kappa shape index (κ3) is 5.44. The third-order valence-corrected chi connectivity index (χ3v) is 10.6. The Morgan fingerprint density at radius 2 is 2.00 bits per heavy atom. The number of hydrogen-bond acceptors (Lipinski definition) is 6. The van der Waals surface area contributed by atoms with Crippen LogP contribution in [-0.2, 0) is 16.0 Å². The van der Waals surface area contributed by atoms with Gasteiger partial charge in [0.25, 0.3) is 0 Å². The predicted octanol–water partition coefficient (Wildman–Crippen LogP) is 5.02. The largest absolute Gasteiger partial charge is 0.493 e. The number of alkyl halides is 2. The lowest BCUT2D eigenvalue weighted by Crippen LogP contribution is -2.58. The van der Waals surface area contributed by atoms with Crippen LogP contribution in [0, 0.1) is 34.9 Å². The second-order valence-electron chi connectivity index (χ2n) is 13.8. The molecule has 3 aliphatic carbocycles. The zero-order valence-corrected chi connectivity index (χ0v) is 24.5. The predicted molar refractivity (Wildman–Crippen MR) is 153 cm³/mol. The molecule has 3 aliphatic heterocycles. The van der Waals surface area contributed by atoms with E-state index in [1.807, 2.05) is 0 Å². The fraction of sp³-hybridized carbons (Fsp3) is 0.719. The van der Waals surface area contributed by atoms with Crippen LogP contribution in [0.3, 0.4) is 0 Å². The van der Waals surface area contributed by atoms with Crippen molar-refractivity contribution in [2.75, 3.05) is 26.3 Å². The summed E-state index contributed by atoms with van der Waals surface area (Å²) in [7, 11) is 0. The van der Waals surface area contributed by atoms with Crippen LogP contribution in [-0.4, -0.2) is 72.9 Å². The Morgan fingerprint density at radius 3 is 2.67 bits per heavy atom. The molecule has 4 unspecified atom stereocenters. The van der Waals surface area contributed by atoms with Crippen molar-refractivity contribution in [3.05, 3.63) is 29.6 Å². The minimum Gasteiger partial charge on any atom is -0.493 e. The van der Waals surface area contributed by atoms with Crippen LogP contribution >= 0.6 is 0 Å². The highest BCUT2D eigenvalue weighted by Crippen LogP contribution is 2.77. The molecule has 0 aromatic heterocycles. The Bertz CT molecular complexity index is 1290. The first kappa shape index (κ1) is 28.2. The number of aliphatic imine (C=N–C) groups is 2. The molecule has 0 radical (unpaired) electrons. The number of benzene rings is 1. The standard InChI is InChI=1S/C32H41F3N4O3/c1-18(2)29-37-26-17-42-28(26)30(38-29)39-9-6-19(7-10-39)24-15-31(24)13-21(31)16-41-23-4-3-20(25(33)12-23)11-27(40)36-22-5-8-32(34,35)14-22/h3-4,12,18-19,21-22,24,26,28H,5-11,13-17H2,1-2H3,(H,36,40)/t21?,22?,24-,26?,28?,31+/m1/s1. The van der Waals surface area contributed by atoms with E-state index in [-0.39, 0.29) is 43.4 Å². The zero-order valence-electron chi connectivity index (χ0n) is 24.5. The number of fused-ring (bicyclic) bond motifs is 1. The van der Waals surface area contributed by atoms with E-state index in [1.165, 1.54) is 31.7 Å². The fourth-order valence-corrected chi connectivity index (χ4v) is 7.87. The van der Waals surface area contributed by atoms with Gasteiger partial charge in [0.2, 0.25) is 11.8 Å². The van der Waals surface area contributed by atoms with Crippen molar-refractivity contribution in [2.24, 2.45) is 39.1 Å². The molecule has 0 bridgehead atoms. The second kappa shape index (κ2) is 10.5. The Kier molecular flexibility index (Phi) is 7.06. The van der Waals surface area contributed by atoms with Crippen LogP contribution < -0.4 is 10.1 Å². The molecule has 3 saturated carbocycles. The van der Waals surface area contributed by atoms with Crippen LogP contribution in [0.5, 0.6) is 5.75 Å². The molecule has 1 aromatic carbocycles. The molecule has 1 aromatic rings. The van der Waals surface area contributed by atoms with Gasteiger partial charge in [-0.2, -0.15) is 0 Å². The Morgan fingerprint density at radius 1 is 1.19 bits per heavy atom. The van der Waals surface area contributed by atoms with Gasteiger partial charge >= 0.3 is 0 Å². The van der Waals surface area contributed by atoms with Gasteiger partial charge in [0, 0.05) is 44.0 Å². The molecule has 42 heavy (non-hydrogen) atoms. The maximum atomic E-state index is 14.7. The molecule has 6 aliphatic rings. The molecular formula is C32H41F3N4O3. The summed E-state index contributed by atoms with van der Waals surface area (Å²) in [6, 6.07) is 4.28. The quantitative estimate of drug-likeness (QED) is 0.464. The maximum Gasteiger partial charge on any atom is 0.250 e. The molecule has 5 fully saturated rings. The van der Waals surface area contributed by atoms with E-state index in [1.54, 1.807) is 12.1 Å². The van der Waals surface area contributed by atoms with Gasteiger partial charge in [0.15, 0.2) is 0 Å². The van der Waals surface area contributed by atoms with E-state index >= 15 is 0 Å². The number of halogens is 3. The number of carbonyl (C=O) groups excluding carboxylic acids is 1. The number of rotatable bonds is 8. The van der Waals surface area contributed by atoms with Crippen molar-refractivity contribution in [2.45, 2.75) is 89.3 Å². The summed E-state index contributed by atoms with van der Waals surface area (Å²) in [6.45, 7) is 7.61. The van der Waals surface area contributed by atoms with Gasteiger partial charge in [0.1, 0.15) is 35.4 Å². The van der Waals surface area contributed by atoms with Gasteiger partial charge in [0.05, 0.1) is 19.6 Å². The maximum absolute atomic E-state index is 14.7. The molecule has 7 nitrogen and oxygen atoms in total. The highest BCUT2D eigenvalue weighted by molar-refractivity contribution is 6.02. The number of piperidine rings is 1. The van der Waals surface area contributed by atoms with Crippen LogP contribution in [0.15, 0.2) is 28.2 Å². The van der Waals surface area contributed by atoms with Gasteiger partial charge < -0.3 is 19.7 Å². The number of ether oxygens (including phenoxy) is 2. The second-order valence-corrected chi connectivity index (χ2v) is 13.8. The third-order valence-electron chi connectivity index (χ3n) is 10.6. The summed E-state index contributed by atoms with van der Waals surface area (Å²) in [5.74, 6) is 1.15. The summed E-state index contributed by atoms with van der Waals surface area (Å²) in [4.78, 5) is 24.4. The lowest BCUT2D eigenvalue weighted by atomic mass is 9.89. The van der Waals surface area contributed by atoms with E-state index in [0.717, 1.165) is 36.6 Å². The molecule has 2 saturated heterocycles. The van der Waals surface area contributed by atoms with Crippen molar-refractivity contribution in [1.29, 1.82) is 0 Å². The van der Waals surface area contributed by atoms with Crippen LogP contribution in [0.1, 0.15) is 64.4 Å². The average Bonchev–Trinajstić information content (AvgIpc) is 3.80. The Balaban J connectivity index is 0.858. The first-order valence-electron chi connectivity index (χ1n) is 15.7. The van der Waals surface area contributed by atoms with Crippen LogP contribution in [0.2, 0.25) is 0 Å². The molecular weight excluding hydrogens is 545 g/mol. The highest BCUT2D eigenvalue weighted by Gasteiger charge is 2.71. The number of nitrogens with zero attached hydrogens (tertiary/aromatic N) is 3. The van der Waals surface area contributed by atoms with Gasteiger partial charge in [-0.1, -0.05) is 19.9 Å². The number of nitrogens with one attached hydrogen (secondary N) is 1. The van der Waals surface area contributed by atoms with E-state index in [4.69, 9.17) is 19.5 Å². The normalized spacial score (nSPS) is 34.9. The summed E-state index contributed by atoms with van der Waals surface area (Å²) in [5, 5.41) is 2.62. The SMILES string of the molecule is CC(C)C1=NC2COC2C(N2CCC([C@H]3C[C@]34CC4COc3ccc(CC(=O)NC4CCC(F)(F)C4)c(F)c3)CC2)=N1. The van der Waals surface area contributed by atoms with E-state index < -0.39 is 23.7 Å². The topological polar surface area (TPSA) is 75.5 Å². The van der Waals surface area contributed by atoms with Crippen molar-refractivity contribution in [1.82, 2.24) is 10.2 Å². The lowest BCUT2D eigenvalue weighted by molar-refractivity contribution is -0.121. The number of likely N-dealkylation sites (tertiary alicyclic amines) is 1. The minimum absolute atomic E-state index is 0.0325. The summed E-state index contributed by atoms with van der Waals surface area (Å²) >= 11 is 0. The van der Waals surface area contributed by atoms with Crippen molar-refractivity contribution >= 4 is 17.6 Å². The number of hydrogen-bond donors (Lipinski definition) is 1. The van der Waals surface area contributed by atoms with Crippen molar-refractivity contribution in [3.63, 3.8) is 0 Å². The Labute approximate surface area is 245 Å². The molecule has 6 atom stereocenters. The van der Waals surface area contributed by atoms with Gasteiger partial charge in [-0.3, -0.25) is 9.79 Å². The van der Waals surface area contributed by atoms with Gasteiger partial charge in [-0.15, -0.1) is 0 Å². The minimum atomic E-state index is -2.73. The smallest absolute Gasteiger partial charge is 0.250 e. The number of amidine groups is 2. The number of carbonyl (C=O) groups is 1. The Hall–Kier alpha value is -2.62. The first-order valence-corrected chi connectivity index (χ1v) is 15.7. The van der Waals surface area contributed by atoms with Crippen molar-refractivity contribution < 1.29 is 27.4 Å². The van der Waals surface area contributed by atoms with E-state index in [0.29, 0.717) is 36.2 Å². The summed E-state index contributed by atoms with van der Waals surface area (Å²) in [6.07, 6.45) is 4.33. The summed E-state index contributed by atoms with van der Waals surface area (Å²) < 4.78 is 53.3. The molecule has 10 heteroatoms. The summed E-state index contributed by atoms with van der Waals surface area (Å²) in [5.41, 5.74) is 0.648. The molecule has 1 N–H and O–H groups in total. The molecule has 7 rings (SSSR count). The molecule has 228 valence electrons. The van der Waals surface area contributed by atoms with Crippen molar-refractivity contribution in [3.8, 4) is 5.75 Å². The molecule has 1 spiro atoms. The highest BCUT2D eigenvalue weighted by atomic mass is 19.3. The van der Waals surface area contributed by atoms with Crippen LogP contribution in [0.4, 0.5) is 13.2 Å². The van der Waals surface area contributed by atoms with E-state index in [2.05, 4.69) is 24.1 Å². The fourth-order valence-electron chi connectivity index (χ4n) is 7.87. The first-order chi connectivity index (χ1) is 20.1. The monoisotopic (exact) mass is 586 g/mol. The van der Waals surface area contributed by atoms with Crippen LogP contribution in [0.25, 0.3) is 0 Å².